The van der Waals surface area contributed by atoms with Gasteiger partial charge < -0.3 is 21.1 Å². The summed E-state index contributed by atoms with van der Waals surface area (Å²) in [7, 11) is 1.59. The van der Waals surface area contributed by atoms with Crippen molar-refractivity contribution in [1.82, 2.24) is 15.6 Å². The van der Waals surface area contributed by atoms with Crippen molar-refractivity contribution in [2.75, 3.05) is 18.9 Å². The first-order chi connectivity index (χ1) is 14.4. The topological polar surface area (TPSA) is 103 Å². The van der Waals surface area contributed by atoms with Crippen LogP contribution in [0.4, 0.5) is 10.5 Å². The van der Waals surface area contributed by atoms with Gasteiger partial charge in [-0.1, -0.05) is 37.3 Å². The number of aliphatic hydroxyl groups excluding tert-OH is 1. The van der Waals surface area contributed by atoms with E-state index < -0.39 is 12.1 Å². The van der Waals surface area contributed by atoms with Crippen LogP contribution in [0.3, 0.4) is 0 Å². The number of anilines is 1. The molecule has 1 atom stereocenters. The second kappa shape index (κ2) is 9.37. The number of fused-ring (bicyclic) bond motifs is 1. The van der Waals surface area contributed by atoms with Gasteiger partial charge in [0.25, 0.3) is 5.91 Å². The van der Waals surface area contributed by atoms with Gasteiger partial charge >= 0.3 is 6.03 Å². The third kappa shape index (κ3) is 4.58. The van der Waals surface area contributed by atoms with Crippen molar-refractivity contribution in [1.29, 1.82) is 0 Å². The Morgan fingerprint density at radius 1 is 1.13 bits per heavy atom. The average molecular weight is 406 g/mol. The van der Waals surface area contributed by atoms with Gasteiger partial charge in [-0.25, -0.2) is 9.78 Å². The molecule has 0 bridgehead atoms. The second-order valence-corrected chi connectivity index (χ2v) is 7.03. The van der Waals surface area contributed by atoms with Gasteiger partial charge in [0.2, 0.25) is 0 Å². The number of carbonyl (C=O) groups excluding carboxylic acids is 2. The van der Waals surface area contributed by atoms with Crippen LogP contribution in [0.1, 0.15) is 29.3 Å². The van der Waals surface area contributed by atoms with Crippen molar-refractivity contribution in [2.45, 2.75) is 26.4 Å². The monoisotopic (exact) mass is 406 g/mol. The summed E-state index contributed by atoms with van der Waals surface area (Å²) in [6.45, 7) is 3.88. The number of urea groups is 1. The number of rotatable bonds is 6. The Bertz CT molecular complexity index is 1070. The van der Waals surface area contributed by atoms with Gasteiger partial charge in [-0.3, -0.25) is 4.79 Å². The van der Waals surface area contributed by atoms with Gasteiger partial charge in [-0.15, -0.1) is 0 Å². The van der Waals surface area contributed by atoms with Crippen LogP contribution in [0.15, 0.2) is 48.5 Å². The molecule has 156 valence electrons. The Hall–Kier alpha value is -3.45. The van der Waals surface area contributed by atoms with Gasteiger partial charge in [0.05, 0.1) is 22.9 Å². The maximum absolute atomic E-state index is 12.7. The fraction of sp³-hybridized carbons (Fsp3) is 0.261. The fourth-order valence-electron chi connectivity index (χ4n) is 3.26. The summed E-state index contributed by atoms with van der Waals surface area (Å²) < 4.78 is 0. The molecule has 3 amide bonds. The average Bonchev–Trinajstić information content (AvgIpc) is 2.77. The van der Waals surface area contributed by atoms with E-state index in [2.05, 4.69) is 16.0 Å². The van der Waals surface area contributed by atoms with E-state index in [4.69, 9.17) is 4.98 Å². The normalized spacial score (nSPS) is 11.7. The molecule has 0 saturated carbocycles. The minimum atomic E-state index is -0.588. The highest BCUT2D eigenvalue weighted by molar-refractivity contribution is 6.10. The summed E-state index contributed by atoms with van der Waals surface area (Å²) >= 11 is 0. The lowest BCUT2D eigenvalue weighted by atomic mass is 9.97. The zero-order valence-electron chi connectivity index (χ0n) is 17.3. The molecule has 1 aromatic heterocycles. The number of benzene rings is 2. The van der Waals surface area contributed by atoms with Crippen molar-refractivity contribution < 1.29 is 14.7 Å². The molecule has 0 fully saturated rings. The Balaban J connectivity index is 2.02. The Kier molecular flexibility index (Phi) is 6.64. The molecular formula is C23H26N4O3. The molecular weight excluding hydrogens is 380 g/mol. The molecule has 7 heteroatoms. The Morgan fingerprint density at radius 3 is 2.53 bits per heavy atom. The molecule has 3 rings (SSSR count). The molecule has 0 spiro atoms. The lowest BCUT2D eigenvalue weighted by Crippen LogP contribution is -2.35. The van der Waals surface area contributed by atoms with Gasteiger partial charge in [0, 0.05) is 30.2 Å². The maximum atomic E-state index is 12.7. The van der Waals surface area contributed by atoms with E-state index in [1.54, 1.807) is 25.2 Å². The second-order valence-electron chi connectivity index (χ2n) is 7.03. The lowest BCUT2D eigenvalue weighted by Gasteiger charge is -2.15. The molecule has 4 N–H and O–H groups in total. The third-order valence-corrected chi connectivity index (χ3v) is 4.96. The standard InChI is InChI=1S/C23H26N4O3/c1-4-17(28)13-25-23(30)26-16-10-11-19-18(12-16)20(22(29)24-3)14(2)21(27-19)15-8-6-5-7-9-15/h5-12,17,28H,4,13H2,1-3H3,(H,24,29)(H2,25,26,30)/t17-/m1/s1. The van der Waals surface area contributed by atoms with Crippen LogP contribution in [0.5, 0.6) is 0 Å². The number of nitrogens with one attached hydrogen (secondary N) is 3. The largest absolute Gasteiger partial charge is 0.391 e. The van der Waals surface area contributed by atoms with Crippen LogP contribution in [0, 0.1) is 6.92 Å². The molecule has 0 aliphatic carbocycles. The quantitative estimate of drug-likeness (QED) is 0.503. The van der Waals surface area contributed by atoms with Crippen molar-refractivity contribution in [2.24, 2.45) is 0 Å². The molecule has 0 aliphatic heterocycles. The Morgan fingerprint density at radius 2 is 1.87 bits per heavy atom. The number of pyridine rings is 1. The molecule has 0 aliphatic rings. The molecule has 0 radical (unpaired) electrons. The van der Waals surface area contributed by atoms with Crippen molar-refractivity contribution in [3.8, 4) is 11.3 Å². The van der Waals surface area contributed by atoms with Crippen LogP contribution < -0.4 is 16.0 Å². The molecule has 0 unspecified atom stereocenters. The van der Waals surface area contributed by atoms with Gasteiger partial charge in [-0.2, -0.15) is 0 Å². The van der Waals surface area contributed by atoms with E-state index in [0.29, 0.717) is 28.6 Å². The summed E-state index contributed by atoms with van der Waals surface area (Å²) in [5.41, 5.74) is 4.15. The number of amides is 3. The summed E-state index contributed by atoms with van der Waals surface area (Å²) in [6, 6.07) is 14.6. The molecule has 2 aromatic carbocycles. The van der Waals surface area contributed by atoms with Crippen molar-refractivity contribution in [3.63, 3.8) is 0 Å². The van der Waals surface area contributed by atoms with Gasteiger partial charge in [0.1, 0.15) is 0 Å². The number of aliphatic hydroxyl groups is 1. The van der Waals surface area contributed by atoms with Crippen LogP contribution in [-0.4, -0.2) is 41.7 Å². The van der Waals surface area contributed by atoms with Crippen LogP contribution in [-0.2, 0) is 0 Å². The highest BCUT2D eigenvalue weighted by Crippen LogP contribution is 2.31. The van der Waals surface area contributed by atoms with Gasteiger partial charge in [-0.05, 0) is 37.1 Å². The first kappa shape index (κ1) is 21.3. The number of nitrogens with zero attached hydrogens (tertiary/aromatic N) is 1. The highest BCUT2D eigenvalue weighted by Gasteiger charge is 2.19. The van der Waals surface area contributed by atoms with E-state index in [-0.39, 0.29) is 12.5 Å². The summed E-state index contributed by atoms with van der Waals surface area (Å²) in [5, 5.41) is 18.3. The summed E-state index contributed by atoms with van der Waals surface area (Å²) in [5.74, 6) is -0.218. The SMILES string of the molecule is CC[C@@H](O)CNC(=O)Nc1ccc2nc(-c3ccccc3)c(C)c(C(=O)NC)c2c1. The maximum Gasteiger partial charge on any atom is 0.319 e. The molecule has 30 heavy (non-hydrogen) atoms. The molecule has 0 saturated heterocycles. The van der Waals surface area contributed by atoms with Crippen LogP contribution in [0.25, 0.3) is 22.2 Å². The smallest absolute Gasteiger partial charge is 0.319 e. The Labute approximate surface area is 175 Å². The minimum absolute atomic E-state index is 0.167. The number of hydrogen-bond acceptors (Lipinski definition) is 4. The van der Waals surface area contributed by atoms with E-state index in [9.17, 15) is 14.7 Å². The third-order valence-electron chi connectivity index (χ3n) is 4.96. The lowest BCUT2D eigenvalue weighted by molar-refractivity contribution is 0.0964. The van der Waals surface area contributed by atoms with E-state index in [1.807, 2.05) is 44.2 Å². The van der Waals surface area contributed by atoms with Crippen LogP contribution >= 0.6 is 0 Å². The van der Waals surface area contributed by atoms with Crippen molar-refractivity contribution >= 4 is 28.5 Å². The molecule has 3 aromatic rings. The number of aromatic nitrogens is 1. The van der Waals surface area contributed by atoms with E-state index in [1.165, 1.54) is 0 Å². The number of hydrogen-bond donors (Lipinski definition) is 4. The molecule has 1 heterocycles. The summed E-state index contributed by atoms with van der Waals surface area (Å²) in [6.07, 6.45) is -0.0315. The van der Waals surface area contributed by atoms with Crippen LogP contribution in [0.2, 0.25) is 0 Å². The fourth-order valence-corrected chi connectivity index (χ4v) is 3.26. The zero-order valence-corrected chi connectivity index (χ0v) is 17.3. The highest BCUT2D eigenvalue weighted by atomic mass is 16.3. The van der Waals surface area contributed by atoms with Crippen molar-refractivity contribution in [3.05, 3.63) is 59.7 Å². The van der Waals surface area contributed by atoms with Gasteiger partial charge in [0.15, 0.2) is 0 Å². The van der Waals surface area contributed by atoms with E-state index >= 15 is 0 Å². The molecule has 7 nitrogen and oxygen atoms in total. The first-order valence-corrected chi connectivity index (χ1v) is 9.89. The van der Waals surface area contributed by atoms with E-state index in [0.717, 1.165) is 16.8 Å². The zero-order chi connectivity index (χ0) is 21.7. The first-order valence-electron chi connectivity index (χ1n) is 9.89. The predicted molar refractivity (Wildman–Crippen MR) is 119 cm³/mol. The minimum Gasteiger partial charge on any atom is -0.391 e. The predicted octanol–water partition coefficient (Wildman–Crippen LogP) is 3.46. The number of carbonyl (C=O) groups is 2. The summed E-state index contributed by atoms with van der Waals surface area (Å²) in [4.78, 5) is 29.6.